The van der Waals surface area contributed by atoms with Crippen LogP contribution in [0.3, 0.4) is 0 Å². The lowest BCUT2D eigenvalue weighted by atomic mass is 9.78. The van der Waals surface area contributed by atoms with E-state index in [0.717, 1.165) is 32.2 Å². The second kappa shape index (κ2) is 6.53. The van der Waals surface area contributed by atoms with Crippen molar-refractivity contribution in [2.45, 2.75) is 63.2 Å². The van der Waals surface area contributed by atoms with Crippen LogP contribution in [-0.2, 0) is 0 Å². The Hall–Kier alpha value is -0.800. The standard InChI is InChI=1S/C15H24F3N3/c1-2-20-14(11-19)7-3-4-13(10-14)21-8-5-12(6-9-21)15(16,17)18/h12-13,20H,2-10H2,1H3. The van der Waals surface area contributed by atoms with Gasteiger partial charge in [0.2, 0.25) is 0 Å². The molecule has 1 aliphatic carbocycles. The first-order valence-corrected chi connectivity index (χ1v) is 7.87. The van der Waals surface area contributed by atoms with Gasteiger partial charge in [-0.2, -0.15) is 18.4 Å². The smallest absolute Gasteiger partial charge is 0.300 e. The third-order valence-corrected chi connectivity index (χ3v) is 4.96. The van der Waals surface area contributed by atoms with Crippen LogP contribution in [-0.4, -0.2) is 42.3 Å². The Bertz CT molecular complexity index is 379. The lowest BCUT2D eigenvalue weighted by Crippen LogP contribution is -2.54. The normalized spacial score (nSPS) is 32.8. The van der Waals surface area contributed by atoms with E-state index in [1.54, 1.807) is 0 Å². The number of piperidine rings is 1. The molecule has 1 saturated heterocycles. The van der Waals surface area contributed by atoms with Crippen molar-refractivity contribution >= 4 is 0 Å². The monoisotopic (exact) mass is 303 g/mol. The Kier molecular flexibility index (Phi) is 5.15. The van der Waals surface area contributed by atoms with Crippen molar-refractivity contribution in [2.24, 2.45) is 5.92 Å². The quantitative estimate of drug-likeness (QED) is 0.871. The molecule has 120 valence electrons. The van der Waals surface area contributed by atoms with E-state index in [-0.39, 0.29) is 18.9 Å². The van der Waals surface area contributed by atoms with Crippen LogP contribution in [0.1, 0.15) is 45.4 Å². The molecule has 1 N–H and O–H groups in total. The van der Waals surface area contributed by atoms with Gasteiger partial charge >= 0.3 is 6.18 Å². The van der Waals surface area contributed by atoms with Crippen molar-refractivity contribution in [3.63, 3.8) is 0 Å². The minimum Gasteiger partial charge on any atom is -0.300 e. The number of likely N-dealkylation sites (tertiary alicyclic amines) is 1. The number of nitrogens with one attached hydrogen (secondary N) is 1. The van der Waals surface area contributed by atoms with Crippen molar-refractivity contribution in [2.75, 3.05) is 19.6 Å². The lowest BCUT2D eigenvalue weighted by Gasteiger charge is -2.44. The van der Waals surface area contributed by atoms with Gasteiger partial charge < -0.3 is 4.90 Å². The van der Waals surface area contributed by atoms with E-state index >= 15 is 0 Å². The zero-order chi connectivity index (χ0) is 15.5. The Morgan fingerprint density at radius 3 is 2.48 bits per heavy atom. The SMILES string of the molecule is CCNC1(C#N)CCCC(N2CCC(C(F)(F)F)CC2)C1. The van der Waals surface area contributed by atoms with Crippen molar-refractivity contribution in [3.05, 3.63) is 0 Å². The summed E-state index contributed by atoms with van der Waals surface area (Å²) in [7, 11) is 0. The summed E-state index contributed by atoms with van der Waals surface area (Å²) in [6, 6.07) is 2.64. The molecule has 0 aromatic carbocycles. The predicted molar refractivity (Wildman–Crippen MR) is 74.6 cm³/mol. The molecule has 0 spiro atoms. The number of halogens is 3. The van der Waals surface area contributed by atoms with Crippen molar-refractivity contribution in [1.82, 2.24) is 10.2 Å². The van der Waals surface area contributed by atoms with Gasteiger partial charge in [-0.1, -0.05) is 6.92 Å². The number of hydrogen-bond acceptors (Lipinski definition) is 3. The Balaban J connectivity index is 1.93. The fourth-order valence-electron chi connectivity index (χ4n) is 3.79. The average Bonchev–Trinajstić information content (AvgIpc) is 2.47. The topological polar surface area (TPSA) is 39.1 Å². The molecule has 0 aromatic rings. The molecule has 6 heteroatoms. The highest BCUT2D eigenvalue weighted by molar-refractivity contribution is 5.11. The molecule has 2 fully saturated rings. The Labute approximate surface area is 124 Å². The van der Waals surface area contributed by atoms with Gasteiger partial charge in [-0.15, -0.1) is 0 Å². The molecule has 1 saturated carbocycles. The van der Waals surface area contributed by atoms with Gasteiger partial charge in [0.1, 0.15) is 5.54 Å². The Morgan fingerprint density at radius 1 is 1.29 bits per heavy atom. The van der Waals surface area contributed by atoms with Gasteiger partial charge in [0.15, 0.2) is 0 Å². The number of rotatable bonds is 3. The van der Waals surface area contributed by atoms with Gasteiger partial charge in [-0.3, -0.25) is 5.32 Å². The Morgan fingerprint density at radius 2 is 1.95 bits per heavy atom. The van der Waals surface area contributed by atoms with Crippen LogP contribution in [0, 0.1) is 17.2 Å². The van der Waals surface area contributed by atoms with Crippen molar-refractivity contribution < 1.29 is 13.2 Å². The highest BCUT2D eigenvalue weighted by Crippen LogP contribution is 2.37. The fraction of sp³-hybridized carbons (Fsp3) is 0.933. The van der Waals surface area contributed by atoms with E-state index in [4.69, 9.17) is 0 Å². The first kappa shape index (κ1) is 16.6. The molecule has 2 rings (SSSR count). The number of alkyl halides is 3. The fourth-order valence-corrected chi connectivity index (χ4v) is 3.79. The summed E-state index contributed by atoms with van der Waals surface area (Å²) in [6.45, 7) is 3.74. The van der Waals surface area contributed by atoms with Gasteiger partial charge in [0, 0.05) is 6.04 Å². The maximum atomic E-state index is 12.7. The summed E-state index contributed by atoms with van der Waals surface area (Å²) in [5.74, 6) is -1.15. The maximum absolute atomic E-state index is 12.7. The highest BCUT2D eigenvalue weighted by Gasteiger charge is 2.44. The number of hydrogen-bond donors (Lipinski definition) is 1. The zero-order valence-corrected chi connectivity index (χ0v) is 12.5. The highest BCUT2D eigenvalue weighted by atomic mass is 19.4. The third kappa shape index (κ3) is 3.89. The number of nitriles is 1. The minimum absolute atomic E-state index is 0.195. The zero-order valence-electron chi connectivity index (χ0n) is 12.5. The van der Waals surface area contributed by atoms with E-state index in [0.29, 0.717) is 13.1 Å². The third-order valence-electron chi connectivity index (χ3n) is 4.96. The van der Waals surface area contributed by atoms with Crippen LogP contribution in [0.15, 0.2) is 0 Å². The molecule has 2 aliphatic rings. The molecule has 1 aliphatic heterocycles. The van der Waals surface area contributed by atoms with Crippen molar-refractivity contribution in [3.8, 4) is 6.07 Å². The molecule has 2 atom stereocenters. The van der Waals surface area contributed by atoms with Gasteiger partial charge in [-0.25, -0.2) is 0 Å². The summed E-state index contributed by atoms with van der Waals surface area (Å²) in [5.41, 5.74) is -0.488. The molecule has 2 unspecified atom stereocenters. The lowest BCUT2D eigenvalue weighted by molar-refractivity contribution is -0.186. The second-order valence-corrected chi connectivity index (χ2v) is 6.33. The molecule has 1 heterocycles. The summed E-state index contributed by atoms with van der Waals surface area (Å²) in [5, 5.41) is 12.7. The van der Waals surface area contributed by atoms with Gasteiger partial charge in [0.25, 0.3) is 0 Å². The maximum Gasteiger partial charge on any atom is 0.391 e. The summed E-state index contributed by atoms with van der Waals surface area (Å²) in [4.78, 5) is 2.17. The van der Waals surface area contributed by atoms with Crippen molar-refractivity contribution in [1.29, 1.82) is 5.26 Å². The van der Waals surface area contributed by atoms with Gasteiger partial charge in [0.05, 0.1) is 12.0 Å². The largest absolute Gasteiger partial charge is 0.391 e. The van der Waals surface area contributed by atoms with Crippen LogP contribution in [0.4, 0.5) is 13.2 Å². The molecular formula is C15H24F3N3. The molecule has 0 amide bonds. The summed E-state index contributed by atoms with van der Waals surface area (Å²) >= 11 is 0. The van der Waals surface area contributed by atoms with E-state index in [2.05, 4.69) is 16.3 Å². The van der Waals surface area contributed by atoms with Crippen LogP contribution in [0.5, 0.6) is 0 Å². The molecule has 0 aromatic heterocycles. The summed E-state index contributed by atoms with van der Waals surface area (Å²) in [6.07, 6.45) is -0.142. The first-order valence-electron chi connectivity index (χ1n) is 7.87. The average molecular weight is 303 g/mol. The van der Waals surface area contributed by atoms with E-state index in [9.17, 15) is 18.4 Å². The second-order valence-electron chi connectivity index (χ2n) is 6.33. The molecular weight excluding hydrogens is 279 g/mol. The summed E-state index contributed by atoms with van der Waals surface area (Å²) < 4.78 is 38.2. The van der Waals surface area contributed by atoms with E-state index in [1.807, 2.05) is 6.92 Å². The van der Waals surface area contributed by atoms with Crippen LogP contribution in [0.2, 0.25) is 0 Å². The van der Waals surface area contributed by atoms with Crippen LogP contribution in [0.25, 0.3) is 0 Å². The molecule has 21 heavy (non-hydrogen) atoms. The van der Waals surface area contributed by atoms with E-state index < -0.39 is 17.6 Å². The molecule has 3 nitrogen and oxygen atoms in total. The first-order chi connectivity index (χ1) is 9.90. The minimum atomic E-state index is -4.06. The number of nitrogens with zero attached hydrogens (tertiary/aromatic N) is 2. The molecule has 0 radical (unpaired) electrons. The van der Waals surface area contributed by atoms with Crippen LogP contribution < -0.4 is 5.32 Å². The van der Waals surface area contributed by atoms with E-state index in [1.165, 1.54) is 0 Å². The van der Waals surface area contributed by atoms with Crippen LogP contribution >= 0.6 is 0 Å². The van der Waals surface area contributed by atoms with Gasteiger partial charge in [-0.05, 0) is 58.2 Å². The molecule has 0 bridgehead atoms. The predicted octanol–water partition coefficient (Wildman–Crippen LogP) is 3.08.